The molecule has 2 aromatic heterocycles. The van der Waals surface area contributed by atoms with Crippen molar-refractivity contribution in [2.45, 2.75) is 12.6 Å². The van der Waals surface area contributed by atoms with E-state index in [1.807, 2.05) is 0 Å². The number of halogens is 2. The molecule has 0 bridgehead atoms. The van der Waals surface area contributed by atoms with Crippen LogP contribution in [-0.2, 0) is 16.1 Å². The number of benzene rings is 1. The average molecular weight is 449 g/mol. The first-order valence-electron chi connectivity index (χ1n) is 8.50. The number of anilines is 1. The Kier molecular flexibility index (Phi) is 5.42. The number of ether oxygens (including phenoxy) is 1. The SMILES string of the molecule is COC(=O)C1=C(Cn2nnnc2N)NC(c2nccs2)=NC1c1ccc(F)cc1Cl. The number of hydrogen-bond acceptors (Lipinski definition) is 10. The zero-order valence-corrected chi connectivity index (χ0v) is 17.0. The van der Waals surface area contributed by atoms with E-state index in [1.54, 1.807) is 11.6 Å². The van der Waals surface area contributed by atoms with E-state index in [0.717, 1.165) is 6.07 Å². The van der Waals surface area contributed by atoms with Gasteiger partial charge >= 0.3 is 5.97 Å². The predicted octanol–water partition coefficient (Wildman–Crippen LogP) is 1.72. The van der Waals surface area contributed by atoms with Crippen molar-refractivity contribution >= 4 is 40.7 Å². The van der Waals surface area contributed by atoms with Gasteiger partial charge in [0.15, 0.2) is 10.8 Å². The molecule has 4 rings (SSSR count). The van der Waals surface area contributed by atoms with Crippen molar-refractivity contribution < 1.29 is 13.9 Å². The van der Waals surface area contributed by atoms with Gasteiger partial charge in [0.25, 0.3) is 0 Å². The van der Waals surface area contributed by atoms with Crippen molar-refractivity contribution in [3.63, 3.8) is 0 Å². The molecule has 154 valence electrons. The minimum atomic E-state index is -0.876. The summed E-state index contributed by atoms with van der Waals surface area (Å²) in [6, 6.07) is 3.00. The van der Waals surface area contributed by atoms with Crippen LogP contribution in [-0.4, -0.2) is 44.1 Å². The lowest BCUT2D eigenvalue weighted by Gasteiger charge is -2.27. The van der Waals surface area contributed by atoms with Crippen LogP contribution in [0.4, 0.5) is 10.3 Å². The van der Waals surface area contributed by atoms with E-state index >= 15 is 0 Å². The smallest absolute Gasteiger partial charge is 0.338 e. The number of hydrogen-bond donors (Lipinski definition) is 2. The van der Waals surface area contributed by atoms with E-state index in [4.69, 9.17) is 22.1 Å². The Labute approximate surface area is 178 Å². The first-order chi connectivity index (χ1) is 14.5. The lowest BCUT2D eigenvalue weighted by molar-refractivity contribution is -0.136. The highest BCUT2D eigenvalue weighted by Gasteiger charge is 2.34. The molecule has 1 atom stereocenters. The van der Waals surface area contributed by atoms with Gasteiger partial charge in [-0.1, -0.05) is 22.8 Å². The molecule has 10 nitrogen and oxygen atoms in total. The topological polar surface area (TPSA) is 133 Å². The van der Waals surface area contributed by atoms with Crippen molar-refractivity contribution in [1.29, 1.82) is 0 Å². The highest BCUT2D eigenvalue weighted by molar-refractivity contribution is 7.11. The van der Waals surface area contributed by atoms with Crippen molar-refractivity contribution in [2.24, 2.45) is 4.99 Å². The molecule has 0 saturated heterocycles. The molecule has 0 saturated carbocycles. The van der Waals surface area contributed by atoms with Crippen LogP contribution in [0.1, 0.15) is 16.6 Å². The molecule has 0 amide bonds. The Morgan fingerprint density at radius 1 is 1.47 bits per heavy atom. The van der Waals surface area contributed by atoms with Gasteiger partial charge in [0.2, 0.25) is 5.95 Å². The van der Waals surface area contributed by atoms with Gasteiger partial charge in [-0.15, -0.1) is 11.3 Å². The Balaban J connectivity index is 1.89. The number of nitrogen functional groups attached to an aromatic ring is 1. The minimum absolute atomic E-state index is 0.0307. The van der Waals surface area contributed by atoms with Crippen LogP contribution in [0, 0.1) is 5.82 Å². The van der Waals surface area contributed by atoms with Crippen LogP contribution in [0.25, 0.3) is 0 Å². The number of carbonyl (C=O) groups is 1. The van der Waals surface area contributed by atoms with Gasteiger partial charge in [-0.25, -0.2) is 18.9 Å². The highest BCUT2D eigenvalue weighted by atomic mass is 35.5. The summed E-state index contributed by atoms with van der Waals surface area (Å²) in [7, 11) is 1.25. The van der Waals surface area contributed by atoms with Gasteiger partial charge in [0.1, 0.15) is 11.9 Å². The maximum atomic E-state index is 13.6. The molecule has 1 aliphatic rings. The molecule has 30 heavy (non-hydrogen) atoms. The molecule has 1 unspecified atom stereocenters. The zero-order valence-electron chi connectivity index (χ0n) is 15.4. The summed E-state index contributed by atoms with van der Waals surface area (Å²) in [5, 5.41) is 16.6. The van der Waals surface area contributed by atoms with Crippen molar-refractivity contribution in [3.05, 3.63) is 62.5 Å². The fourth-order valence-corrected chi connectivity index (χ4v) is 3.80. The maximum Gasteiger partial charge on any atom is 0.338 e. The molecule has 3 N–H and O–H groups in total. The van der Waals surface area contributed by atoms with E-state index in [0.29, 0.717) is 22.1 Å². The van der Waals surface area contributed by atoms with Gasteiger partial charge in [-0.3, -0.25) is 4.99 Å². The normalized spacial score (nSPS) is 16.2. The molecule has 1 aliphatic heterocycles. The first-order valence-corrected chi connectivity index (χ1v) is 9.76. The Morgan fingerprint density at radius 2 is 2.30 bits per heavy atom. The summed E-state index contributed by atoms with van der Waals surface area (Å²) >= 11 is 7.64. The molecule has 13 heteroatoms. The third-order valence-corrected chi connectivity index (χ3v) is 5.40. The average Bonchev–Trinajstić information content (AvgIpc) is 3.39. The third-order valence-electron chi connectivity index (χ3n) is 4.29. The van der Waals surface area contributed by atoms with Crippen molar-refractivity contribution in [1.82, 2.24) is 30.5 Å². The molecule has 0 aliphatic carbocycles. The second-order valence-corrected chi connectivity index (χ2v) is 7.39. The Hall–Kier alpha value is -3.38. The predicted molar refractivity (Wildman–Crippen MR) is 107 cm³/mol. The number of amidine groups is 1. The number of aliphatic imine (C=N–C) groups is 1. The lowest BCUT2D eigenvalue weighted by Crippen LogP contribution is -2.35. The van der Waals surface area contributed by atoms with E-state index in [1.165, 1.54) is 35.3 Å². The van der Waals surface area contributed by atoms with Gasteiger partial charge in [0, 0.05) is 22.2 Å². The molecule has 0 spiro atoms. The van der Waals surface area contributed by atoms with Crippen LogP contribution >= 0.6 is 22.9 Å². The Bertz CT molecular complexity index is 1160. The first kappa shape index (κ1) is 19.9. The molecule has 3 heterocycles. The summed E-state index contributed by atoms with van der Waals surface area (Å²) in [5.41, 5.74) is 6.77. The van der Waals surface area contributed by atoms with Gasteiger partial charge < -0.3 is 15.8 Å². The van der Waals surface area contributed by atoms with E-state index in [2.05, 4.69) is 30.8 Å². The number of carbonyl (C=O) groups excluding carboxylic acids is 1. The molecule has 3 aromatic rings. The molecule has 0 fully saturated rings. The summed E-state index contributed by atoms with van der Waals surface area (Å²) in [6.07, 6.45) is 1.63. The number of thiazole rings is 1. The second-order valence-electron chi connectivity index (χ2n) is 6.09. The van der Waals surface area contributed by atoms with Crippen molar-refractivity contribution in [3.8, 4) is 0 Å². The fraction of sp³-hybridized carbons (Fsp3) is 0.176. The number of esters is 1. The third kappa shape index (κ3) is 3.74. The summed E-state index contributed by atoms with van der Waals surface area (Å²) in [5.74, 6) is -0.684. The fourth-order valence-electron chi connectivity index (χ4n) is 2.94. The number of nitrogens with one attached hydrogen (secondary N) is 1. The number of methoxy groups -OCH3 is 1. The van der Waals surface area contributed by atoms with E-state index < -0.39 is 17.8 Å². The number of nitrogens with zero attached hydrogens (tertiary/aromatic N) is 6. The molecular weight excluding hydrogens is 435 g/mol. The standard InChI is InChI=1S/C17H14ClFN8O2S/c1-29-16(28)12-11(7-27-17(20)24-25-26-27)22-14(15-21-4-5-30-15)23-13(12)9-3-2-8(19)6-10(9)18/h2-6,13H,7H2,1H3,(H,22,23)(H2,20,24,26). The summed E-state index contributed by atoms with van der Waals surface area (Å²) in [6.45, 7) is 0.0307. The van der Waals surface area contributed by atoms with Gasteiger partial charge in [-0.05, 0) is 22.6 Å². The van der Waals surface area contributed by atoms with E-state index in [9.17, 15) is 9.18 Å². The minimum Gasteiger partial charge on any atom is -0.466 e. The number of allylic oxidation sites excluding steroid dienone is 1. The number of rotatable bonds is 5. The van der Waals surface area contributed by atoms with Gasteiger partial charge in [0.05, 0.1) is 24.9 Å². The summed E-state index contributed by atoms with van der Waals surface area (Å²) in [4.78, 5) is 21.6. The van der Waals surface area contributed by atoms with Crippen molar-refractivity contribution in [2.75, 3.05) is 12.8 Å². The van der Waals surface area contributed by atoms with Crippen LogP contribution in [0.3, 0.4) is 0 Å². The van der Waals surface area contributed by atoms with Crippen LogP contribution in [0.2, 0.25) is 5.02 Å². The quantitative estimate of drug-likeness (QED) is 0.563. The van der Waals surface area contributed by atoms with Crippen LogP contribution < -0.4 is 11.1 Å². The highest BCUT2D eigenvalue weighted by Crippen LogP contribution is 2.36. The number of tetrazole rings is 1. The van der Waals surface area contributed by atoms with Crippen LogP contribution in [0.5, 0.6) is 0 Å². The molecular formula is C17H14ClFN8O2S. The monoisotopic (exact) mass is 448 g/mol. The number of aromatic nitrogens is 5. The van der Waals surface area contributed by atoms with Gasteiger partial charge in [-0.2, -0.15) is 0 Å². The Morgan fingerprint density at radius 3 is 2.93 bits per heavy atom. The zero-order chi connectivity index (χ0) is 21.3. The molecule has 0 radical (unpaired) electrons. The second kappa shape index (κ2) is 8.16. The van der Waals surface area contributed by atoms with Crippen LogP contribution in [0.15, 0.2) is 46.0 Å². The molecule has 1 aromatic carbocycles. The largest absolute Gasteiger partial charge is 0.466 e. The van der Waals surface area contributed by atoms with E-state index in [-0.39, 0.29) is 23.1 Å². The summed E-state index contributed by atoms with van der Waals surface area (Å²) < 4.78 is 19.9. The lowest BCUT2D eigenvalue weighted by atomic mass is 9.95. The number of nitrogens with two attached hydrogens (primary N) is 1. The maximum absolute atomic E-state index is 13.6.